The maximum Gasteiger partial charge on any atom is 0.256 e. The van der Waals surface area contributed by atoms with Crippen LogP contribution in [0.1, 0.15) is 79.0 Å². The molecule has 0 saturated heterocycles. The molecule has 0 radical (unpaired) electrons. The minimum absolute atomic E-state index is 0.0748. The maximum absolute atomic E-state index is 6.32. The third-order valence-corrected chi connectivity index (χ3v) is 19.5. The fraction of sp³-hybridized carbons (Fsp3) is 0.162. The SMILES string of the molecule is CC(C)(C)c1cc2c3c(c1)N(c1cc(-c4coc5ccccc45)ccc1-c1ccccc1)c1sc4ccc(C(C)(C)C)cc4c1B3c1c(sc3ccc(C(C)(C)C)cc13)N2c1cc(-c2coc3ccccc23)ccc1-c1ccccc1. The van der Waals surface area contributed by atoms with Crippen molar-refractivity contribution in [3.05, 3.63) is 223 Å². The number of anilines is 6. The Kier molecular flexibility index (Phi) is 11.1. The molecule has 81 heavy (non-hydrogen) atoms. The Balaban J connectivity index is 1.12. The number of rotatable bonds is 6. The van der Waals surface area contributed by atoms with Gasteiger partial charge in [0.25, 0.3) is 6.71 Å². The summed E-state index contributed by atoms with van der Waals surface area (Å²) in [6.45, 7) is 21.1. The molecular weight excluding hydrogens is 1020 g/mol. The lowest BCUT2D eigenvalue weighted by molar-refractivity contribution is 0.590. The topological polar surface area (TPSA) is 32.8 Å². The smallest absolute Gasteiger partial charge is 0.256 e. The highest BCUT2D eigenvalue weighted by molar-refractivity contribution is 7.29. The van der Waals surface area contributed by atoms with Crippen LogP contribution < -0.4 is 26.2 Å². The average Bonchev–Trinajstić information content (AvgIpc) is 4.40. The highest BCUT2D eigenvalue weighted by atomic mass is 32.1. The molecule has 9 aromatic carbocycles. The molecule has 394 valence electrons. The molecule has 0 unspecified atom stereocenters. The van der Waals surface area contributed by atoms with Crippen LogP contribution in [0.4, 0.5) is 32.8 Å². The van der Waals surface area contributed by atoms with Crippen molar-refractivity contribution >= 4 is 121 Å². The van der Waals surface area contributed by atoms with Crippen LogP contribution >= 0.6 is 22.7 Å². The summed E-state index contributed by atoms with van der Waals surface area (Å²) in [5.74, 6) is 0. The van der Waals surface area contributed by atoms with E-state index in [0.29, 0.717) is 0 Å². The Morgan fingerprint density at radius 2 is 0.741 bits per heavy atom. The molecule has 15 rings (SSSR count). The van der Waals surface area contributed by atoms with E-state index in [2.05, 4.69) is 266 Å². The van der Waals surface area contributed by atoms with Gasteiger partial charge in [-0.3, -0.25) is 0 Å². The Morgan fingerprint density at radius 3 is 1.16 bits per heavy atom. The molecule has 0 atom stereocenters. The highest BCUT2D eigenvalue weighted by Crippen LogP contribution is 2.55. The van der Waals surface area contributed by atoms with Crippen molar-refractivity contribution in [1.82, 2.24) is 0 Å². The second-order valence-electron chi connectivity index (χ2n) is 25.3. The second kappa shape index (κ2) is 18.1. The molecule has 6 heterocycles. The van der Waals surface area contributed by atoms with Gasteiger partial charge in [-0.25, -0.2) is 0 Å². The van der Waals surface area contributed by atoms with Crippen LogP contribution in [0.2, 0.25) is 0 Å². The van der Waals surface area contributed by atoms with Gasteiger partial charge in [0.15, 0.2) is 0 Å². The van der Waals surface area contributed by atoms with Crippen molar-refractivity contribution < 1.29 is 8.83 Å². The zero-order chi connectivity index (χ0) is 55.3. The number of hydrogen-bond donors (Lipinski definition) is 0. The van der Waals surface area contributed by atoms with E-state index in [-0.39, 0.29) is 23.0 Å². The van der Waals surface area contributed by atoms with Crippen LogP contribution in [0.25, 0.3) is 86.6 Å². The lowest BCUT2D eigenvalue weighted by Gasteiger charge is -2.44. The summed E-state index contributed by atoms with van der Waals surface area (Å²) in [6, 6.07) is 72.7. The number of thiophene rings is 2. The van der Waals surface area contributed by atoms with Gasteiger partial charge < -0.3 is 18.6 Å². The van der Waals surface area contributed by atoms with Gasteiger partial charge in [-0.2, -0.15) is 0 Å². The van der Waals surface area contributed by atoms with Crippen LogP contribution in [-0.4, -0.2) is 6.71 Å². The van der Waals surface area contributed by atoms with Gasteiger partial charge in [0.05, 0.1) is 33.9 Å². The van der Waals surface area contributed by atoms with E-state index in [1.165, 1.54) is 74.6 Å². The zero-order valence-electron chi connectivity index (χ0n) is 47.2. The molecule has 0 amide bonds. The van der Waals surface area contributed by atoms with Gasteiger partial charge in [0.2, 0.25) is 0 Å². The molecule has 4 aromatic heterocycles. The molecule has 2 aliphatic rings. The van der Waals surface area contributed by atoms with Gasteiger partial charge in [0, 0.05) is 53.8 Å². The van der Waals surface area contributed by atoms with Gasteiger partial charge in [-0.15, -0.1) is 22.7 Å². The Hall–Kier alpha value is -8.36. The van der Waals surface area contributed by atoms with Crippen LogP contribution in [0.5, 0.6) is 0 Å². The number of benzene rings is 9. The molecule has 13 aromatic rings. The maximum atomic E-state index is 6.32. The molecule has 0 spiro atoms. The standard InChI is InChI=1S/C74H61BN2O2S2/c1-72(2,3)48-30-34-65-55(38-48)67-70(80-65)76(59-36-46(28-32-51(59)44-20-12-10-13-21-44)57-42-78-63-26-18-16-24-53(57)63)61-40-50(74(7,8)9)41-62-69(61)75(67)68-56-39-49(73(4,5)6)31-35-66(56)81-71(68)77(62)60-37-47(29-33-52(60)45-22-14-11-15-23-45)58-43-79-64-27-19-17-25-54(58)64/h10-43H,1-9H3. The number of hydrogen-bond acceptors (Lipinski definition) is 6. The summed E-state index contributed by atoms with van der Waals surface area (Å²) in [6.07, 6.45) is 3.88. The molecule has 7 heteroatoms. The fourth-order valence-electron chi connectivity index (χ4n) is 12.8. The molecule has 0 N–H and O–H groups in total. The van der Waals surface area contributed by atoms with Crippen molar-refractivity contribution in [3.63, 3.8) is 0 Å². The van der Waals surface area contributed by atoms with E-state index in [1.807, 2.05) is 35.2 Å². The van der Waals surface area contributed by atoms with E-state index >= 15 is 0 Å². The predicted molar refractivity (Wildman–Crippen MR) is 349 cm³/mol. The summed E-state index contributed by atoms with van der Waals surface area (Å²) >= 11 is 3.87. The Morgan fingerprint density at radius 1 is 0.333 bits per heavy atom. The Labute approximate surface area is 482 Å². The second-order valence-corrected chi connectivity index (χ2v) is 27.4. The van der Waals surface area contributed by atoms with Gasteiger partial charge >= 0.3 is 0 Å². The van der Waals surface area contributed by atoms with Crippen molar-refractivity contribution in [2.24, 2.45) is 0 Å². The molecule has 0 fully saturated rings. The number of fused-ring (bicyclic) bond motifs is 10. The minimum Gasteiger partial charge on any atom is -0.464 e. The summed E-state index contributed by atoms with van der Waals surface area (Å²) in [5.41, 5.74) is 23.0. The van der Waals surface area contributed by atoms with Crippen molar-refractivity contribution in [3.8, 4) is 44.5 Å². The Bertz CT molecular complexity index is 4380. The molecule has 4 nitrogen and oxygen atoms in total. The van der Waals surface area contributed by atoms with Crippen LogP contribution in [0.3, 0.4) is 0 Å². The molecule has 0 bridgehead atoms. The van der Waals surface area contributed by atoms with E-state index in [4.69, 9.17) is 8.83 Å². The van der Waals surface area contributed by atoms with Crippen LogP contribution in [0.15, 0.2) is 215 Å². The summed E-state index contributed by atoms with van der Waals surface area (Å²) in [7, 11) is 0. The summed E-state index contributed by atoms with van der Waals surface area (Å²) in [4.78, 5) is 5.36. The number of furan rings is 2. The van der Waals surface area contributed by atoms with E-state index in [0.717, 1.165) is 77.8 Å². The van der Waals surface area contributed by atoms with Crippen molar-refractivity contribution in [2.45, 2.75) is 78.6 Å². The highest BCUT2D eigenvalue weighted by Gasteiger charge is 2.48. The lowest BCUT2D eigenvalue weighted by atomic mass is 9.33. The molecule has 0 saturated carbocycles. The first-order valence-electron chi connectivity index (χ1n) is 28.3. The predicted octanol–water partition coefficient (Wildman–Crippen LogP) is 20.3. The van der Waals surface area contributed by atoms with Gasteiger partial charge in [0.1, 0.15) is 11.2 Å². The third kappa shape index (κ3) is 7.91. The first-order chi connectivity index (χ1) is 39.1. The monoisotopic (exact) mass is 1080 g/mol. The van der Waals surface area contributed by atoms with Crippen molar-refractivity contribution in [1.29, 1.82) is 0 Å². The number of nitrogens with zero attached hydrogens (tertiary/aromatic N) is 2. The summed E-state index contributed by atoms with van der Waals surface area (Å²) < 4.78 is 15.2. The quantitative estimate of drug-likeness (QED) is 0.155. The van der Waals surface area contributed by atoms with Gasteiger partial charge in [-0.05, 0) is 131 Å². The van der Waals surface area contributed by atoms with Crippen LogP contribution in [0, 0.1) is 0 Å². The molecule has 0 aliphatic carbocycles. The largest absolute Gasteiger partial charge is 0.464 e. The van der Waals surface area contributed by atoms with Crippen molar-refractivity contribution in [2.75, 3.05) is 9.80 Å². The van der Waals surface area contributed by atoms with Gasteiger partial charge in [-0.1, -0.05) is 208 Å². The molecule has 2 aliphatic heterocycles. The first kappa shape index (κ1) is 49.7. The van der Waals surface area contributed by atoms with E-state index in [1.54, 1.807) is 0 Å². The lowest BCUT2D eigenvalue weighted by Crippen LogP contribution is -2.60. The summed E-state index contributed by atoms with van der Waals surface area (Å²) in [5, 5.41) is 7.33. The van der Waals surface area contributed by atoms with E-state index in [9.17, 15) is 0 Å². The van der Waals surface area contributed by atoms with E-state index < -0.39 is 0 Å². The minimum atomic E-state index is -0.234. The fourth-order valence-corrected chi connectivity index (χ4v) is 15.3. The number of para-hydroxylation sites is 2. The average molecular weight is 1090 g/mol. The first-order valence-corrected chi connectivity index (χ1v) is 29.9. The molecular formula is C74H61BN2O2S2. The zero-order valence-corrected chi connectivity index (χ0v) is 48.9. The normalized spacial score (nSPS) is 13.4. The third-order valence-electron chi connectivity index (χ3n) is 17.1. The van der Waals surface area contributed by atoms with Crippen LogP contribution in [-0.2, 0) is 16.2 Å².